The average molecular weight is 334 g/mol. The molecule has 0 spiro atoms. The summed E-state index contributed by atoms with van der Waals surface area (Å²) in [5.74, 6) is 0.189. The highest BCUT2D eigenvalue weighted by molar-refractivity contribution is 6.04. The molecule has 1 saturated heterocycles. The quantitative estimate of drug-likeness (QED) is 0.650. The van der Waals surface area contributed by atoms with E-state index in [-0.39, 0.29) is 24.7 Å². The van der Waals surface area contributed by atoms with Gasteiger partial charge in [-0.15, -0.1) is 10.2 Å². The van der Waals surface area contributed by atoms with Crippen LogP contribution in [0.15, 0.2) is 6.33 Å². The minimum atomic E-state index is -0.630. The fourth-order valence-corrected chi connectivity index (χ4v) is 3.26. The van der Waals surface area contributed by atoms with Crippen molar-refractivity contribution in [2.75, 3.05) is 0 Å². The van der Waals surface area contributed by atoms with Crippen LogP contribution >= 0.6 is 0 Å². The first kappa shape index (κ1) is 16.4. The number of nitrogens with one attached hydrogen (secondary N) is 3. The van der Waals surface area contributed by atoms with E-state index in [0.717, 1.165) is 18.7 Å². The van der Waals surface area contributed by atoms with Gasteiger partial charge < -0.3 is 15.2 Å². The second kappa shape index (κ2) is 7.41. The molecule has 4 amide bonds. The van der Waals surface area contributed by atoms with E-state index in [1.54, 1.807) is 6.33 Å². The Hall–Kier alpha value is -2.45. The third-order valence-electron chi connectivity index (χ3n) is 4.58. The summed E-state index contributed by atoms with van der Waals surface area (Å²) in [6.07, 6.45) is 8.11. The zero-order valence-corrected chi connectivity index (χ0v) is 13.5. The van der Waals surface area contributed by atoms with Crippen LogP contribution in [-0.2, 0) is 16.1 Å². The maximum absolute atomic E-state index is 12.0. The molecule has 9 heteroatoms. The number of aromatic nitrogens is 3. The molecule has 2 aliphatic rings. The smallest absolute Gasteiger partial charge is 0.322 e. The second-order valence-electron chi connectivity index (χ2n) is 6.28. The standard InChI is InChI=1S/C15H22N6O3/c22-13(7-6-11-14(23)19-15(24)18-11)16-8-12-20-17-9-21(12)10-4-2-1-3-5-10/h9-11H,1-8H2,(H,16,22)(H2,18,19,23,24). The van der Waals surface area contributed by atoms with Crippen molar-refractivity contribution in [3.8, 4) is 0 Å². The molecule has 2 fully saturated rings. The van der Waals surface area contributed by atoms with Crippen LogP contribution in [0.4, 0.5) is 4.79 Å². The first-order valence-corrected chi connectivity index (χ1v) is 8.40. The highest BCUT2D eigenvalue weighted by atomic mass is 16.2. The van der Waals surface area contributed by atoms with Gasteiger partial charge in [-0.1, -0.05) is 19.3 Å². The van der Waals surface area contributed by atoms with Gasteiger partial charge in [0, 0.05) is 12.5 Å². The Morgan fingerprint density at radius 1 is 1.29 bits per heavy atom. The van der Waals surface area contributed by atoms with E-state index in [9.17, 15) is 14.4 Å². The number of amides is 4. The highest BCUT2D eigenvalue weighted by Gasteiger charge is 2.29. The fraction of sp³-hybridized carbons (Fsp3) is 0.667. The van der Waals surface area contributed by atoms with Crippen LogP contribution in [0.3, 0.4) is 0 Å². The zero-order valence-electron chi connectivity index (χ0n) is 13.5. The van der Waals surface area contributed by atoms with Gasteiger partial charge in [-0.25, -0.2) is 4.79 Å². The normalized spacial score (nSPS) is 21.4. The molecule has 9 nitrogen and oxygen atoms in total. The molecule has 24 heavy (non-hydrogen) atoms. The summed E-state index contributed by atoms with van der Waals surface area (Å²) in [5.41, 5.74) is 0. The Balaban J connectivity index is 1.45. The van der Waals surface area contributed by atoms with Crippen LogP contribution in [-0.4, -0.2) is 38.7 Å². The first-order valence-electron chi connectivity index (χ1n) is 8.40. The van der Waals surface area contributed by atoms with Gasteiger partial charge in [-0.2, -0.15) is 0 Å². The Morgan fingerprint density at radius 3 is 2.79 bits per heavy atom. The van der Waals surface area contributed by atoms with Crippen LogP contribution in [0.25, 0.3) is 0 Å². The van der Waals surface area contributed by atoms with E-state index in [4.69, 9.17) is 0 Å². The van der Waals surface area contributed by atoms with Crippen molar-refractivity contribution in [3.05, 3.63) is 12.2 Å². The third kappa shape index (κ3) is 3.90. The Morgan fingerprint density at radius 2 is 2.08 bits per heavy atom. The summed E-state index contributed by atoms with van der Waals surface area (Å²) in [6.45, 7) is 0.318. The van der Waals surface area contributed by atoms with Crippen LogP contribution in [0, 0.1) is 0 Å². The van der Waals surface area contributed by atoms with Crippen molar-refractivity contribution in [3.63, 3.8) is 0 Å². The van der Waals surface area contributed by atoms with Gasteiger partial charge in [0.25, 0.3) is 5.91 Å². The lowest BCUT2D eigenvalue weighted by Crippen LogP contribution is -2.32. The van der Waals surface area contributed by atoms with Crippen molar-refractivity contribution in [2.45, 2.75) is 63.6 Å². The second-order valence-corrected chi connectivity index (χ2v) is 6.28. The summed E-state index contributed by atoms with van der Waals surface area (Å²) in [5, 5.41) is 15.5. The molecule has 1 aliphatic carbocycles. The predicted molar refractivity (Wildman–Crippen MR) is 83.7 cm³/mol. The van der Waals surface area contributed by atoms with Gasteiger partial charge in [-0.3, -0.25) is 14.9 Å². The van der Waals surface area contributed by atoms with Gasteiger partial charge in [-0.05, 0) is 19.3 Å². The first-order chi connectivity index (χ1) is 11.6. The van der Waals surface area contributed by atoms with Gasteiger partial charge >= 0.3 is 6.03 Å². The molecule has 1 aromatic heterocycles. The molecular formula is C15H22N6O3. The number of rotatable bonds is 6. The molecule has 1 unspecified atom stereocenters. The summed E-state index contributed by atoms with van der Waals surface area (Å²) >= 11 is 0. The highest BCUT2D eigenvalue weighted by Crippen LogP contribution is 2.28. The van der Waals surface area contributed by atoms with E-state index in [1.165, 1.54) is 19.3 Å². The molecular weight excluding hydrogens is 312 g/mol. The number of hydrogen-bond donors (Lipinski definition) is 3. The van der Waals surface area contributed by atoms with E-state index in [0.29, 0.717) is 12.6 Å². The van der Waals surface area contributed by atoms with Gasteiger partial charge in [0.05, 0.1) is 6.54 Å². The minimum Gasteiger partial charge on any atom is -0.349 e. The van der Waals surface area contributed by atoms with E-state index in [1.807, 2.05) is 0 Å². The number of imide groups is 1. The van der Waals surface area contributed by atoms with Crippen molar-refractivity contribution in [2.24, 2.45) is 0 Å². The summed E-state index contributed by atoms with van der Waals surface area (Å²) in [7, 11) is 0. The van der Waals surface area contributed by atoms with Crippen molar-refractivity contribution in [1.82, 2.24) is 30.7 Å². The molecule has 3 N–H and O–H groups in total. The monoisotopic (exact) mass is 334 g/mol. The van der Waals surface area contributed by atoms with Crippen LogP contribution in [0.5, 0.6) is 0 Å². The lowest BCUT2D eigenvalue weighted by Gasteiger charge is -2.24. The molecule has 1 atom stereocenters. The number of nitrogens with zero attached hydrogens (tertiary/aromatic N) is 3. The Bertz CT molecular complexity index is 622. The minimum absolute atomic E-state index is 0.163. The zero-order chi connectivity index (χ0) is 16.9. The van der Waals surface area contributed by atoms with Crippen LogP contribution in [0.2, 0.25) is 0 Å². The SMILES string of the molecule is O=C(CCC1NC(=O)NC1=O)NCc1nncn1C1CCCCC1. The van der Waals surface area contributed by atoms with Crippen molar-refractivity contribution >= 4 is 17.8 Å². The molecule has 1 saturated carbocycles. The molecule has 3 rings (SSSR count). The Labute approximate surface area is 139 Å². The van der Waals surface area contributed by atoms with Crippen LogP contribution in [0.1, 0.15) is 56.8 Å². The Kier molecular flexibility index (Phi) is 5.07. The molecule has 0 bridgehead atoms. The average Bonchev–Trinajstić information content (AvgIpc) is 3.17. The maximum Gasteiger partial charge on any atom is 0.322 e. The fourth-order valence-electron chi connectivity index (χ4n) is 3.26. The number of carbonyl (C=O) groups is 3. The number of carbonyl (C=O) groups excluding carboxylic acids is 3. The molecule has 0 radical (unpaired) electrons. The van der Waals surface area contributed by atoms with E-state index < -0.39 is 12.1 Å². The lowest BCUT2D eigenvalue weighted by atomic mass is 9.95. The van der Waals surface area contributed by atoms with Crippen LogP contribution < -0.4 is 16.0 Å². The third-order valence-corrected chi connectivity index (χ3v) is 4.58. The summed E-state index contributed by atoms with van der Waals surface area (Å²) in [4.78, 5) is 34.4. The van der Waals surface area contributed by atoms with Gasteiger partial charge in [0.15, 0.2) is 5.82 Å². The molecule has 2 heterocycles. The summed E-state index contributed by atoms with van der Waals surface area (Å²) < 4.78 is 2.06. The lowest BCUT2D eigenvalue weighted by molar-refractivity contribution is -0.122. The van der Waals surface area contributed by atoms with Crippen molar-refractivity contribution < 1.29 is 14.4 Å². The van der Waals surface area contributed by atoms with Crippen molar-refractivity contribution in [1.29, 1.82) is 0 Å². The molecule has 130 valence electrons. The van der Waals surface area contributed by atoms with E-state index >= 15 is 0 Å². The molecule has 1 aliphatic heterocycles. The molecule has 1 aromatic rings. The number of hydrogen-bond acceptors (Lipinski definition) is 5. The molecule has 0 aromatic carbocycles. The topological polar surface area (TPSA) is 118 Å². The van der Waals surface area contributed by atoms with Gasteiger partial charge in [0.1, 0.15) is 12.4 Å². The van der Waals surface area contributed by atoms with E-state index in [2.05, 4.69) is 30.7 Å². The van der Waals surface area contributed by atoms with Gasteiger partial charge in [0.2, 0.25) is 5.91 Å². The number of urea groups is 1. The predicted octanol–water partition coefficient (Wildman–Crippen LogP) is 0.388. The maximum atomic E-state index is 12.0. The summed E-state index contributed by atoms with van der Waals surface area (Å²) in [6, 6.07) is -0.724. The largest absolute Gasteiger partial charge is 0.349 e.